The molecule has 0 radical (unpaired) electrons. The van der Waals surface area contributed by atoms with Crippen LogP contribution < -0.4 is 27.0 Å². The Bertz CT molecular complexity index is 741. The normalized spacial score (nSPS) is 15.4. The number of nitrogens with two attached hydrogens (primary N) is 1. The molecule has 0 aliphatic carbocycles. The molecule has 14 heteroatoms. The third-order valence-electron chi connectivity index (χ3n) is 4.31. The lowest BCUT2D eigenvalue weighted by molar-refractivity contribution is -0.143. The molecule has 0 aromatic rings. The van der Waals surface area contributed by atoms with Crippen molar-refractivity contribution in [3.8, 4) is 0 Å². The second-order valence-corrected chi connectivity index (χ2v) is 7.95. The molecule has 0 heterocycles. The van der Waals surface area contributed by atoms with Crippen LogP contribution >= 0.6 is 0 Å². The maximum absolute atomic E-state index is 12.7. The van der Waals surface area contributed by atoms with E-state index in [1.54, 1.807) is 13.8 Å². The predicted molar refractivity (Wildman–Crippen MR) is 113 cm³/mol. The molecule has 9 N–H and O–H groups in total. The summed E-state index contributed by atoms with van der Waals surface area (Å²) in [6.07, 6.45) is -0.695. The number of amides is 4. The van der Waals surface area contributed by atoms with Crippen LogP contribution in [0, 0.1) is 5.92 Å². The fraction of sp³-hybridized carbons (Fsp3) is 0.684. The van der Waals surface area contributed by atoms with Crippen LogP contribution in [0.1, 0.15) is 40.5 Å². The third kappa shape index (κ3) is 11.2. The highest BCUT2D eigenvalue weighted by molar-refractivity contribution is 5.96. The number of carbonyl (C=O) groups excluding carboxylic acids is 4. The van der Waals surface area contributed by atoms with Crippen molar-refractivity contribution in [2.45, 2.75) is 70.7 Å². The molecule has 0 fully saturated rings. The molecule has 0 saturated carbocycles. The van der Waals surface area contributed by atoms with Crippen LogP contribution in [-0.2, 0) is 28.8 Å². The fourth-order valence-electron chi connectivity index (χ4n) is 2.50. The first-order valence-corrected chi connectivity index (χ1v) is 10.2. The molecular formula is C19H33N5O9. The van der Waals surface area contributed by atoms with Gasteiger partial charge in [0.1, 0.15) is 24.2 Å². The number of carboxylic acids is 2. The van der Waals surface area contributed by atoms with Gasteiger partial charge in [-0.2, -0.15) is 0 Å². The Hall–Kier alpha value is -3.26. The monoisotopic (exact) mass is 475 g/mol. The maximum Gasteiger partial charge on any atom is 0.325 e. The van der Waals surface area contributed by atoms with Gasteiger partial charge in [-0.3, -0.25) is 28.8 Å². The Balaban J connectivity index is 5.49. The highest BCUT2D eigenvalue weighted by Crippen LogP contribution is 2.07. The van der Waals surface area contributed by atoms with Gasteiger partial charge in [0.2, 0.25) is 23.6 Å². The maximum atomic E-state index is 12.7. The van der Waals surface area contributed by atoms with Gasteiger partial charge in [-0.05, 0) is 26.2 Å². The van der Waals surface area contributed by atoms with E-state index < -0.39 is 78.8 Å². The fourth-order valence-corrected chi connectivity index (χ4v) is 2.50. The lowest BCUT2D eigenvalue weighted by Crippen LogP contribution is -2.59. The lowest BCUT2D eigenvalue weighted by Gasteiger charge is -2.25. The van der Waals surface area contributed by atoms with Crippen LogP contribution in [0.5, 0.6) is 0 Å². The first-order valence-electron chi connectivity index (χ1n) is 10.2. The van der Waals surface area contributed by atoms with Crippen LogP contribution in [0.3, 0.4) is 0 Å². The van der Waals surface area contributed by atoms with Gasteiger partial charge in [0.05, 0.1) is 19.1 Å². The van der Waals surface area contributed by atoms with E-state index >= 15 is 0 Å². The zero-order valence-corrected chi connectivity index (χ0v) is 19.0. The van der Waals surface area contributed by atoms with Gasteiger partial charge in [0, 0.05) is 0 Å². The molecule has 0 aromatic heterocycles. The van der Waals surface area contributed by atoms with E-state index in [0.29, 0.717) is 0 Å². The second kappa shape index (κ2) is 14.0. The largest absolute Gasteiger partial charge is 0.481 e. The van der Waals surface area contributed by atoms with Crippen LogP contribution in [0.25, 0.3) is 0 Å². The number of carboxylic acid groups (broad SMARTS) is 2. The molecule has 0 unspecified atom stereocenters. The van der Waals surface area contributed by atoms with Gasteiger partial charge in [0.15, 0.2) is 0 Å². The van der Waals surface area contributed by atoms with E-state index in [9.17, 15) is 33.9 Å². The number of carbonyl (C=O) groups is 6. The summed E-state index contributed by atoms with van der Waals surface area (Å²) in [7, 11) is 0. The first-order chi connectivity index (χ1) is 15.2. The summed E-state index contributed by atoms with van der Waals surface area (Å²) in [5.74, 6) is -6.46. The molecule has 4 amide bonds. The van der Waals surface area contributed by atoms with Crippen molar-refractivity contribution >= 4 is 35.6 Å². The van der Waals surface area contributed by atoms with E-state index in [0.717, 1.165) is 6.92 Å². The van der Waals surface area contributed by atoms with Crippen molar-refractivity contribution in [2.75, 3.05) is 6.61 Å². The SMILES string of the molecule is CC(C)C[C@H](NC(=O)[C@H](C)N)C(=O)N[C@@H](CC(=O)O)C(=O)N[C@@H](CO)C(=O)N[C@@H](C)C(=O)O. The number of aliphatic hydroxyl groups excluding tert-OH is 1. The number of rotatable bonds is 14. The summed E-state index contributed by atoms with van der Waals surface area (Å²) >= 11 is 0. The van der Waals surface area contributed by atoms with E-state index in [1.807, 2.05) is 0 Å². The van der Waals surface area contributed by atoms with Gasteiger partial charge in [0.25, 0.3) is 0 Å². The average Bonchev–Trinajstić information content (AvgIpc) is 2.69. The first kappa shape index (κ1) is 29.7. The van der Waals surface area contributed by atoms with Crippen molar-refractivity contribution in [2.24, 2.45) is 11.7 Å². The minimum Gasteiger partial charge on any atom is -0.481 e. The molecule has 14 nitrogen and oxygen atoms in total. The number of nitrogens with one attached hydrogen (secondary N) is 4. The van der Waals surface area contributed by atoms with Crippen LogP contribution in [0.4, 0.5) is 0 Å². The summed E-state index contributed by atoms with van der Waals surface area (Å²) < 4.78 is 0. The molecule has 0 aromatic carbocycles. The standard InChI is InChI=1S/C19H33N5O9/c1-8(2)5-11(22-15(28)9(3)20)16(29)23-12(6-14(26)27)17(30)24-13(7-25)18(31)21-10(4)19(32)33/h8-13,25H,5-7,20H2,1-4H3,(H,21,31)(H,22,28)(H,23,29)(H,24,30)(H,26,27)(H,32,33)/t9-,10-,11-,12-,13-/m0/s1. The lowest BCUT2D eigenvalue weighted by atomic mass is 10.0. The van der Waals surface area contributed by atoms with Crippen molar-refractivity contribution in [1.82, 2.24) is 21.3 Å². The molecule has 0 bridgehead atoms. The highest BCUT2D eigenvalue weighted by Gasteiger charge is 2.32. The smallest absolute Gasteiger partial charge is 0.325 e. The van der Waals surface area contributed by atoms with Crippen molar-refractivity contribution in [1.29, 1.82) is 0 Å². The van der Waals surface area contributed by atoms with Gasteiger partial charge in [-0.1, -0.05) is 13.8 Å². The Kier molecular flexibility index (Phi) is 12.6. The van der Waals surface area contributed by atoms with Crippen molar-refractivity contribution < 1.29 is 44.1 Å². The molecule has 0 aliphatic heterocycles. The Morgan fingerprint density at radius 1 is 0.727 bits per heavy atom. The number of aliphatic carboxylic acids is 2. The molecule has 5 atom stereocenters. The summed E-state index contributed by atoms with van der Waals surface area (Å²) in [6.45, 7) is 5.21. The quantitative estimate of drug-likeness (QED) is 0.126. The molecule has 0 aliphatic rings. The van der Waals surface area contributed by atoms with Gasteiger partial charge >= 0.3 is 11.9 Å². The van der Waals surface area contributed by atoms with Crippen molar-refractivity contribution in [3.63, 3.8) is 0 Å². The van der Waals surface area contributed by atoms with Crippen LogP contribution in [0.2, 0.25) is 0 Å². The molecular weight excluding hydrogens is 442 g/mol. The predicted octanol–water partition coefficient (Wildman–Crippen LogP) is -3.11. The summed E-state index contributed by atoms with van der Waals surface area (Å²) in [5.41, 5.74) is 5.50. The van der Waals surface area contributed by atoms with Gasteiger partial charge in [-0.25, -0.2) is 0 Å². The zero-order chi connectivity index (χ0) is 25.9. The Morgan fingerprint density at radius 2 is 1.18 bits per heavy atom. The minimum absolute atomic E-state index is 0.0560. The van der Waals surface area contributed by atoms with Gasteiger partial charge in [-0.15, -0.1) is 0 Å². The second-order valence-electron chi connectivity index (χ2n) is 7.95. The molecule has 0 saturated heterocycles. The van der Waals surface area contributed by atoms with E-state index in [-0.39, 0.29) is 12.3 Å². The Labute approximate surface area is 190 Å². The van der Waals surface area contributed by atoms with Crippen molar-refractivity contribution in [3.05, 3.63) is 0 Å². The number of aliphatic hydroxyl groups is 1. The van der Waals surface area contributed by atoms with Crippen LogP contribution in [0.15, 0.2) is 0 Å². The molecule has 0 rings (SSSR count). The highest BCUT2D eigenvalue weighted by atomic mass is 16.4. The summed E-state index contributed by atoms with van der Waals surface area (Å²) in [4.78, 5) is 71.4. The van der Waals surface area contributed by atoms with E-state index in [2.05, 4.69) is 21.3 Å². The Morgan fingerprint density at radius 3 is 1.61 bits per heavy atom. The van der Waals surface area contributed by atoms with E-state index in [4.69, 9.17) is 15.9 Å². The van der Waals surface area contributed by atoms with Gasteiger partial charge < -0.3 is 42.3 Å². The number of hydrogen-bond acceptors (Lipinski definition) is 8. The summed E-state index contributed by atoms with van der Waals surface area (Å²) in [5, 5.41) is 36.2. The van der Waals surface area contributed by atoms with Crippen LogP contribution in [-0.4, -0.2) is 87.7 Å². The average molecular weight is 475 g/mol. The molecule has 33 heavy (non-hydrogen) atoms. The minimum atomic E-state index is -1.66. The zero-order valence-electron chi connectivity index (χ0n) is 19.0. The summed E-state index contributed by atoms with van der Waals surface area (Å²) in [6, 6.07) is -6.60. The molecule has 0 spiro atoms. The topological polar surface area (TPSA) is 237 Å². The van der Waals surface area contributed by atoms with E-state index in [1.165, 1.54) is 6.92 Å². The number of hydrogen-bond donors (Lipinski definition) is 8. The molecule has 188 valence electrons. The third-order valence-corrected chi connectivity index (χ3v) is 4.31.